The minimum absolute atomic E-state index is 0. The van der Waals surface area contributed by atoms with Crippen molar-refractivity contribution in [3.8, 4) is 5.69 Å². The highest BCUT2D eigenvalue weighted by molar-refractivity contribution is 7.89. The molecule has 2 aromatic rings. The van der Waals surface area contributed by atoms with E-state index in [2.05, 4.69) is 10.4 Å². The molecule has 0 radical (unpaired) electrons. The van der Waals surface area contributed by atoms with Crippen LogP contribution in [0.25, 0.3) is 5.69 Å². The van der Waals surface area contributed by atoms with Gasteiger partial charge in [-0.25, -0.2) is 17.5 Å². The van der Waals surface area contributed by atoms with Gasteiger partial charge < -0.3 is 5.32 Å². The number of halogens is 2. The van der Waals surface area contributed by atoms with Gasteiger partial charge in [-0.1, -0.05) is 12.1 Å². The molecule has 120 valence electrons. The normalized spacial score (nSPS) is 16.2. The van der Waals surface area contributed by atoms with Crippen LogP contribution in [0.3, 0.4) is 0 Å². The average Bonchev–Trinajstić information content (AvgIpc) is 2.99. The zero-order valence-corrected chi connectivity index (χ0v) is 13.3. The first kappa shape index (κ1) is 16.9. The highest BCUT2D eigenvalue weighted by atomic mass is 35.5. The molecule has 0 spiro atoms. The monoisotopic (exact) mass is 346 g/mol. The van der Waals surface area contributed by atoms with E-state index in [0.717, 1.165) is 0 Å². The van der Waals surface area contributed by atoms with Crippen LogP contribution in [0.15, 0.2) is 41.6 Å². The molecule has 0 unspecified atom stereocenters. The predicted octanol–water partition coefficient (Wildman–Crippen LogP) is 1.03. The summed E-state index contributed by atoms with van der Waals surface area (Å²) < 4.78 is 41.3. The zero-order valence-electron chi connectivity index (χ0n) is 11.6. The maximum absolute atomic E-state index is 13.7. The Bertz CT molecular complexity index is 744. The fraction of sp³-hybridized carbons (Fsp3) is 0.308. The quantitative estimate of drug-likeness (QED) is 0.901. The highest BCUT2D eigenvalue weighted by Gasteiger charge is 2.27. The van der Waals surface area contributed by atoms with Crippen LogP contribution in [-0.2, 0) is 10.0 Å². The number of benzene rings is 1. The van der Waals surface area contributed by atoms with Gasteiger partial charge >= 0.3 is 0 Å². The lowest BCUT2D eigenvalue weighted by atomic mass is 10.3. The van der Waals surface area contributed by atoms with Gasteiger partial charge in [0.25, 0.3) is 0 Å². The Labute approximate surface area is 134 Å². The minimum Gasteiger partial charge on any atom is -0.314 e. The van der Waals surface area contributed by atoms with Crippen molar-refractivity contribution in [2.24, 2.45) is 0 Å². The summed E-state index contributed by atoms with van der Waals surface area (Å²) in [6.07, 6.45) is 2.60. The number of rotatable bonds is 3. The summed E-state index contributed by atoms with van der Waals surface area (Å²) in [5.74, 6) is -0.452. The van der Waals surface area contributed by atoms with E-state index in [0.29, 0.717) is 26.2 Å². The Hall–Kier alpha value is -1.48. The van der Waals surface area contributed by atoms with Crippen LogP contribution in [0, 0.1) is 5.82 Å². The van der Waals surface area contributed by atoms with Crippen LogP contribution in [0.2, 0.25) is 0 Å². The molecule has 1 aromatic carbocycles. The first-order valence-corrected chi connectivity index (χ1v) is 8.03. The van der Waals surface area contributed by atoms with Crippen molar-refractivity contribution in [1.82, 2.24) is 19.4 Å². The van der Waals surface area contributed by atoms with E-state index in [9.17, 15) is 12.8 Å². The SMILES string of the molecule is Cl.O=S(=O)(c1cnn(-c2ccccc2F)c1)N1CCNCC1. The average molecular weight is 347 g/mol. The van der Waals surface area contributed by atoms with Crippen LogP contribution in [0.1, 0.15) is 0 Å². The summed E-state index contributed by atoms with van der Waals surface area (Å²) in [5.41, 5.74) is 0.222. The van der Waals surface area contributed by atoms with Gasteiger partial charge in [0.15, 0.2) is 0 Å². The van der Waals surface area contributed by atoms with Gasteiger partial charge in [-0.15, -0.1) is 12.4 Å². The number of sulfonamides is 1. The molecule has 0 bridgehead atoms. The van der Waals surface area contributed by atoms with Crippen LogP contribution in [0.4, 0.5) is 4.39 Å². The molecular formula is C13H16ClFN4O2S. The maximum Gasteiger partial charge on any atom is 0.246 e. The molecule has 22 heavy (non-hydrogen) atoms. The van der Waals surface area contributed by atoms with Gasteiger partial charge in [0.1, 0.15) is 16.4 Å². The number of aromatic nitrogens is 2. The Kier molecular flexibility index (Phi) is 5.17. The van der Waals surface area contributed by atoms with Crippen LogP contribution in [-0.4, -0.2) is 48.7 Å². The number of piperazine rings is 1. The van der Waals surface area contributed by atoms with E-state index in [1.807, 2.05) is 0 Å². The largest absolute Gasteiger partial charge is 0.314 e. The highest BCUT2D eigenvalue weighted by Crippen LogP contribution is 2.18. The maximum atomic E-state index is 13.7. The van der Waals surface area contributed by atoms with Crippen molar-refractivity contribution in [3.05, 3.63) is 42.5 Å². The molecule has 1 aliphatic rings. The third-order valence-corrected chi connectivity index (χ3v) is 5.22. The summed E-state index contributed by atoms with van der Waals surface area (Å²) in [6.45, 7) is 2.10. The molecule has 1 aromatic heterocycles. The van der Waals surface area contributed by atoms with E-state index in [-0.39, 0.29) is 23.0 Å². The van der Waals surface area contributed by atoms with E-state index in [1.54, 1.807) is 18.2 Å². The molecule has 0 aliphatic carbocycles. The fourth-order valence-corrected chi connectivity index (χ4v) is 3.62. The second-order valence-corrected chi connectivity index (χ2v) is 6.66. The molecule has 1 fully saturated rings. The van der Waals surface area contributed by atoms with Crippen molar-refractivity contribution in [2.45, 2.75) is 4.90 Å². The van der Waals surface area contributed by atoms with Crippen molar-refractivity contribution in [3.63, 3.8) is 0 Å². The minimum atomic E-state index is -3.57. The van der Waals surface area contributed by atoms with Crippen LogP contribution >= 0.6 is 12.4 Å². The smallest absolute Gasteiger partial charge is 0.246 e. The summed E-state index contributed by atoms with van der Waals surface area (Å²) in [6, 6.07) is 6.09. The first-order valence-electron chi connectivity index (χ1n) is 6.59. The van der Waals surface area contributed by atoms with Crippen molar-refractivity contribution < 1.29 is 12.8 Å². The number of hydrogen-bond donors (Lipinski definition) is 1. The number of nitrogens with one attached hydrogen (secondary N) is 1. The van der Waals surface area contributed by atoms with Crippen molar-refractivity contribution >= 4 is 22.4 Å². The second kappa shape index (κ2) is 6.74. The van der Waals surface area contributed by atoms with Gasteiger partial charge in [0.2, 0.25) is 10.0 Å². The zero-order chi connectivity index (χ0) is 14.9. The molecule has 2 heterocycles. The van der Waals surface area contributed by atoms with Gasteiger partial charge in [-0.2, -0.15) is 9.40 Å². The Morgan fingerprint density at radius 3 is 2.55 bits per heavy atom. The molecule has 0 atom stereocenters. The second-order valence-electron chi connectivity index (χ2n) is 4.73. The molecule has 1 N–H and O–H groups in total. The Morgan fingerprint density at radius 2 is 1.86 bits per heavy atom. The fourth-order valence-electron chi connectivity index (χ4n) is 2.24. The first-order chi connectivity index (χ1) is 10.1. The third-order valence-electron chi connectivity index (χ3n) is 3.37. The molecule has 1 saturated heterocycles. The predicted molar refractivity (Wildman–Crippen MR) is 82.4 cm³/mol. The molecule has 3 rings (SSSR count). The van der Waals surface area contributed by atoms with Gasteiger partial charge in [-0.05, 0) is 12.1 Å². The van der Waals surface area contributed by atoms with Gasteiger partial charge in [0, 0.05) is 26.2 Å². The summed E-state index contributed by atoms with van der Waals surface area (Å²) >= 11 is 0. The van der Waals surface area contributed by atoms with Crippen LogP contribution in [0.5, 0.6) is 0 Å². The van der Waals surface area contributed by atoms with Gasteiger partial charge in [0.05, 0.1) is 12.4 Å². The third kappa shape index (κ3) is 3.14. The van der Waals surface area contributed by atoms with E-state index in [1.165, 1.54) is 27.4 Å². The molecule has 9 heteroatoms. The van der Waals surface area contributed by atoms with Gasteiger partial charge in [-0.3, -0.25) is 0 Å². The lowest BCUT2D eigenvalue weighted by Gasteiger charge is -2.25. The van der Waals surface area contributed by atoms with E-state index < -0.39 is 15.8 Å². The van der Waals surface area contributed by atoms with Crippen LogP contribution < -0.4 is 5.32 Å². The standard InChI is InChI=1S/C13H15FN4O2S.ClH/c14-12-3-1-2-4-13(12)18-10-11(9-16-18)21(19,20)17-7-5-15-6-8-17;/h1-4,9-10,15H,5-8H2;1H. The van der Waals surface area contributed by atoms with Crippen molar-refractivity contribution in [2.75, 3.05) is 26.2 Å². The Morgan fingerprint density at radius 1 is 1.18 bits per heavy atom. The topological polar surface area (TPSA) is 67.2 Å². The number of hydrogen-bond acceptors (Lipinski definition) is 4. The summed E-state index contributed by atoms with van der Waals surface area (Å²) in [4.78, 5) is 0.0765. The Balaban J connectivity index is 0.00000176. The summed E-state index contributed by atoms with van der Waals surface area (Å²) in [7, 11) is -3.57. The van der Waals surface area contributed by atoms with Crippen molar-refractivity contribution in [1.29, 1.82) is 0 Å². The summed E-state index contributed by atoms with van der Waals surface area (Å²) in [5, 5.41) is 7.06. The lowest BCUT2D eigenvalue weighted by Crippen LogP contribution is -2.46. The molecular weight excluding hydrogens is 331 g/mol. The van der Waals surface area contributed by atoms with E-state index >= 15 is 0 Å². The van der Waals surface area contributed by atoms with E-state index in [4.69, 9.17) is 0 Å². The lowest BCUT2D eigenvalue weighted by molar-refractivity contribution is 0.360. The molecule has 6 nitrogen and oxygen atoms in total. The molecule has 0 saturated carbocycles. The molecule has 1 aliphatic heterocycles. The number of nitrogens with zero attached hydrogens (tertiary/aromatic N) is 3. The molecule has 0 amide bonds. The number of para-hydroxylation sites is 1.